The van der Waals surface area contributed by atoms with E-state index in [0.29, 0.717) is 17.8 Å². The summed E-state index contributed by atoms with van der Waals surface area (Å²) in [5, 5.41) is 7.24. The Kier molecular flexibility index (Phi) is 4.08. The average Bonchev–Trinajstić information content (AvgIpc) is 2.76. The van der Waals surface area contributed by atoms with Gasteiger partial charge in [0.25, 0.3) is 5.91 Å². The highest BCUT2D eigenvalue weighted by Crippen LogP contribution is 2.14. The molecule has 0 atom stereocenters. The van der Waals surface area contributed by atoms with Crippen molar-refractivity contribution in [3.05, 3.63) is 46.8 Å². The fourth-order valence-electron chi connectivity index (χ4n) is 2.19. The molecule has 0 unspecified atom stereocenters. The number of benzene rings is 1. The molecule has 0 spiro atoms. The van der Waals surface area contributed by atoms with Gasteiger partial charge in [0.05, 0.1) is 11.3 Å². The third-order valence-corrected chi connectivity index (χ3v) is 3.22. The lowest BCUT2D eigenvalue weighted by molar-refractivity contribution is 0.0951. The molecule has 20 heavy (non-hydrogen) atoms. The largest absolute Gasteiger partial charge is 0.398 e. The number of nitrogens with one attached hydrogen (secondary N) is 1. The minimum absolute atomic E-state index is 0.159. The Morgan fingerprint density at radius 2 is 2.20 bits per heavy atom. The van der Waals surface area contributed by atoms with Crippen LogP contribution in [0.5, 0.6) is 0 Å². The number of nitrogens with two attached hydrogens (primary N) is 1. The predicted octanol–water partition coefficient (Wildman–Crippen LogP) is 1.80. The van der Waals surface area contributed by atoms with E-state index in [1.165, 1.54) is 0 Å². The van der Waals surface area contributed by atoms with Crippen molar-refractivity contribution in [3.63, 3.8) is 0 Å². The molecule has 106 valence electrons. The molecule has 1 amide bonds. The zero-order chi connectivity index (χ0) is 14.7. The molecule has 2 aromatic rings. The Balaban J connectivity index is 2.08. The maximum atomic E-state index is 12.1. The Bertz CT molecular complexity index is 631. The Morgan fingerprint density at radius 3 is 2.85 bits per heavy atom. The molecule has 1 heterocycles. The number of nitrogen functional groups attached to an aromatic ring is 1. The third-order valence-electron chi connectivity index (χ3n) is 3.22. The van der Waals surface area contributed by atoms with Crippen LogP contribution in [0.4, 0.5) is 5.69 Å². The molecule has 0 aliphatic carbocycles. The molecule has 1 aromatic carbocycles. The molecule has 0 saturated carbocycles. The van der Waals surface area contributed by atoms with Gasteiger partial charge in [-0.05, 0) is 31.0 Å². The van der Waals surface area contributed by atoms with Crippen molar-refractivity contribution in [1.29, 1.82) is 0 Å². The van der Waals surface area contributed by atoms with Crippen LogP contribution in [-0.2, 0) is 20.0 Å². The first-order valence-corrected chi connectivity index (χ1v) is 6.67. The van der Waals surface area contributed by atoms with Crippen LogP contribution in [0.15, 0.2) is 24.4 Å². The highest BCUT2D eigenvalue weighted by Gasteiger charge is 2.11. The van der Waals surface area contributed by atoms with Crippen LogP contribution in [0.3, 0.4) is 0 Å². The highest BCUT2D eigenvalue weighted by atomic mass is 16.1. The number of nitrogens with zero attached hydrogens (tertiary/aromatic N) is 2. The molecule has 0 bridgehead atoms. The van der Waals surface area contributed by atoms with E-state index in [4.69, 9.17) is 5.73 Å². The molecular formula is C15H20N4O. The lowest BCUT2D eigenvalue weighted by Gasteiger charge is -2.08. The van der Waals surface area contributed by atoms with Gasteiger partial charge in [0.1, 0.15) is 0 Å². The molecule has 0 radical (unpaired) electrons. The fraction of sp³-hybridized carbons (Fsp3) is 0.333. The number of rotatable bonds is 4. The summed E-state index contributed by atoms with van der Waals surface area (Å²) in [6, 6.07) is 5.44. The van der Waals surface area contributed by atoms with E-state index in [1.54, 1.807) is 16.8 Å². The van der Waals surface area contributed by atoms with E-state index in [0.717, 1.165) is 23.2 Å². The van der Waals surface area contributed by atoms with Gasteiger partial charge in [0.15, 0.2) is 0 Å². The van der Waals surface area contributed by atoms with Crippen LogP contribution >= 0.6 is 0 Å². The third kappa shape index (κ3) is 2.99. The maximum absolute atomic E-state index is 12.1. The molecular weight excluding hydrogens is 252 g/mol. The molecule has 3 N–H and O–H groups in total. The van der Waals surface area contributed by atoms with Crippen molar-refractivity contribution < 1.29 is 4.79 Å². The van der Waals surface area contributed by atoms with Crippen LogP contribution in [0, 0.1) is 6.92 Å². The van der Waals surface area contributed by atoms with E-state index in [9.17, 15) is 4.79 Å². The smallest absolute Gasteiger partial charge is 0.253 e. The average molecular weight is 272 g/mol. The minimum Gasteiger partial charge on any atom is -0.398 e. The van der Waals surface area contributed by atoms with E-state index < -0.39 is 0 Å². The topological polar surface area (TPSA) is 72.9 Å². The lowest BCUT2D eigenvalue weighted by atomic mass is 10.1. The molecule has 1 aromatic heterocycles. The van der Waals surface area contributed by atoms with Gasteiger partial charge >= 0.3 is 0 Å². The van der Waals surface area contributed by atoms with Crippen molar-refractivity contribution in [2.45, 2.75) is 26.8 Å². The van der Waals surface area contributed by atoms with Gasteiger partial charge < -0.3 is 11.1 Å². The normalized spacial score (nSPS) is 10.6. The lowest BCUT2D eigenvalue weighted by Crippen LogP contribution is -2.24. The van der Waals surface area contributed by atoms with Crippen molar-refractivity contribution in [2.75, 3.05) is 5.73 Å². The summed E-state index contributed by atoms with van der Waals surface area (Å²) in [6.07, 6.45) is 2.77. The van der Waals surface area contributed by atoms with Crippen molar-refractivity contribution in [3.8, 4) is 0 Å². The summed E-state index contributed by atoms with van der Waals surface area (Å²) in [6.45, 7) is 4.45. The molecule has 0 aliphatic heterocycles. The maximum Gasteiger partial charge on any atom is 0.253 e. The molecule has 2 rings (SSSR count). The summed E-state index contributed by atoms with van der Waals surface area (Å²) in [7, 11) is 1.88. The fourth-order valence-corrected chi connectivity index (χ4v) is 2.19. The number of aromatic nitrogens is 2. The summed E-state index contributed by atoms with van der Waals surface area (Å²) < 4.78 is 1.76. The SMILES string of the molecule is CCc1nn(C)cc1CNC(=O)c1ccc(C)cc1N. The monoisotopic (exact) mass is 272 g/mol. The second kappa shape index (κ2) is 5.77. The van der Waals surface area contributed by atoms with Gasteiger partial charge in [-0.25, -0.2) is 0 Å². The first-order chi connectivity index (χ1) is 9.51. The number of carbonyl (C=O) groups is 1. The van der Waals surface area contributed by atoms with Crippen molar-refractivity contribution in [1.82, 2.24) is 15.1 Å². The van der Waals surface area contributed by atoms with Gasteiger partial charge in [-0.3, -0.25) is 9.48 Å². The van der Waals surface area contributed by atoms with Crippen LogP contribution < -0.4 is 11.1 Å². The molecule has 5 heteroatoms. The first-order valence-electron chi connectivity index (χ1n) is 6.67. The summed E-state index contributed by atoms with van der Waals surface area (Å²) in [5.41, 5.74) is 9.97. The van der Waals surface area contributed by atoms with E-state index >= 15 is 0 Å². The summed E-state index contributed by atoms with van der Waals surface area (Å²) >= 11 is 0. The van der Waals surface area contributed by atoms with Gasteiger partial charge in [-0.1, -0.05) is 13.0 Å². The van der Waals surface area contributed by atoms with Crippen molar-refractivity contribution in [2.24, 2.45) is 7.05 Å². The van der Waals surface area contributed by atoms with E-state index in [1.807, 2.05) is 33.2 Å². The van der Waals surface area contributed by atoms with Crippen LogP contribution in [0.1, 0.15) is 34.1 Å². The number of carbonyl (C=O) groups excluding carboxylic acids is 1. The standard InChI is InChI=1S/C15H20N4O/c1-4-14-11(9-19(3)18-14)8-17-15(20)12-6-5-10(2)7-13(12)16/h5-7,9H,4,8,16H2,1-3H3,(H,17,20). The van der Waals surface area contributed by atoms with E-state index in [-0.39, 0.29) is 5.91 Å². The highest BCUT2D eigenvalue weighted by molar-refractivity contribution is 5.99. The van der Waals surface area contributed by atoms with Crippen LogP contribution in [-0.4, -0.2) is 15.7 Å². The Labute approximate surface area is 118 Å². The molecule has 0 saturated heterocycles. The Morgan fingerprint density at radius 1 is 1.45 bits per heavy atom. The number of hydrogen-bond acceptors (Lipinski definition) is 3. The predicted molar refractivity (Wildman–Crippen MR) is 79.3 cm³/mol. The zero-order valence-electron chi connectivity index (χ0n) is 12.1. The molecule has 0 aliphatic rings. The number of amides is 1. The molecule has 5 nitrogen and oxygen atoms in total. The number of anilines is 1. The van der Waals surface area contributed by atoms with Crippen LogP contribution in [0.2, 0.25) is 0 Å². The quantitative estimate of drug-likeness (QED) is 0.834. The summed E-state index contributed by atoms with van der Waals surface area (Å²) in [4.78, 5) is 12.1. The Hall–Kier alpha value is -2.30. The zero-order valence-corrected chi connectivity index (χ0v) is 12.1. The molecule has 0 fully saturated rings. The van der Waals surface area contributed by atoms with Gasteiger partial charge in [0, 0.05) is 31.0 Å². The second-order valence-corrected chi connectivity index (χ2v) is 4.90. The van der Waals surface area contributed by atoms with Crippen LogP contribution in [0.25, 0.3) is 0 Å². The number of hydrogen-bond donors (Lipinski definition) is 2. The first kappa shape index (κ1) is 14.1. The van der Waals surface area contributed by atoms with Crippen molar-refractivity contribution >= 4 is 11.6 Å². The minimum atomic E-state index is -0.159. The number of aryl methyl sites for hydroxylation is 3. The van der Waals surface area contributed by atoms with Gasteiger partial charge in [0.2, 0.25) is 0 Å². The van der Waals surface area contributed by atoms with Gasteiger partial charge in [-0.2, -0.15) is 5.10 Å². The van der Waals surface area contributed by atoms with E-state index in [2.05, 4.69) is 10.4 Å². The van der Waals surface area contributed by atoms with Gasteiger partial charge in [-0.15, -0.1) is 0 Å². The second-order valence-electron chi connectivity index (χ2n) is 4.90. The summed E-state index contributed by atoms with van der Waals surface area (Å²) in [5.74, 6) is -0.159.